The topological polar surface area (TPSA) is 66.1 Å². The van der Waals surface area contributed by atoms with E-state index in [1.54, 1.807) is 0 Å². The molecular formula is C40H40N4O3. The van der Waals surface area contributed by atoms with E-state index in [9.17, 15) is 4.79 Å². The third-order valence-electron chi connectivity index (χ3n) is 9.28. The molecular weight excluding hydrogens is 584 g/mol. The number of nitrogens with one attached hydrogen (secondary N) is 2. The molecule has 5 aromatic carbocycles. The van der Waals surface area contributed by atoms with Crippen LogP contribution in [0.2, 0.25) is 0 Å². The van der Waals surface area contributed by atoms with Gasteiger partial charge in [0.25, 0.3) is 0 Å². The molecule has 2 aliphatic heterocycles. The van der Waals surface area contributed by atoms with Gasteiger partial charge in [0, 0.05) is 89.1 Å². The van der Waals surface area contributed by atoms with Crippen molar-refractivity contribution in [2.24, 2.45) is 0 Å². The first-order valence-electron chi connectivity index (χ1n) is 16.5. The van der Waals surface area contributed by atoms with Crippen LogP contribution in [0.5, 0.6) is 11.5 Å². The fraction of sp³-hybridized carbons (Fsp3) is 0.225. The summed E-state index contributed by atoms with van der Waals surface area (Å²) in [5, 5.41) is 7.06. The average molecular weight is 625 g/mol. The van der Waals surface area contributed by atoms with E-state index in [0.717, 1.165) is 65.6 Å². The number of hydrogen-bond donors (Lipinski definition) is 2. The molecule has 0 unspecified atom stereocenters. The lowest BCUT2D eigenvalue weighted by atomic mass is 9.77. The van der Waals surface area contributed by atoms with Crippen LogP contribution in [0, 0.1) is 0 Å². The predicted octanol–water partition coefficient (Wildman–Crippen LogP) is 9.43. The Labute approximate surface area is 276 Å². The number of ether oxygens (including phenoxy) is 2. The van der Waals surface area contributed by atoms with E-state index in [0.29, 0.717) is 17.1 Å². The van der Waals surface area contributed by atoms with Gasteiger partial charge >= 0.3 is 5.97 Å². The molecule has 2 aliphatic rings. The monoisotopic (exact) mass is 624 g/mol. The van der Waals surface area contributed by atoms with Crippen LogP contribution in [-0.4, -0.2) is 32.1 Å². The number of rotatable bonds is 10. The van der Waals surface area contributed by atoms with Crippen LogP contribution >= 0.6 is 0 Å². The van der Waals surface area contributed by atoms with Gasteiger partial charge in [0.1, 0.15) is 11.5 Å². The number of carbonyl (C=O) groups excluding carboxylic acids is 1. The quantitative estimate of drug-likeness (QED) is 0.150. The smallest absolute Gasteiger partial charge is 0.340 e. The lowest BCUT2D eigenvalue weighted by Crippen LogP contribution is -2.33. The van der Waals surface area contributed by atoms with Gasteiger partial charge < -0.3 is 29.9 Å². The number of fused-ring (bicyclic) bond motifs is 6. The first-order chi connectivity index (χ1) is 23.0. The first kappa shape index (κ1) is 30.2. The van der Waals surface area contributed by atoms with Crippen LogP contribution in [0.4, 0.5) is 34.1 Å². The number of esters is 1. The van der Waals surface area contributed by atoms with Crippen LogP contribution < -0.4 is 25.2 Å². The summed E-state index contributed by atoms with van der Waals surface area (Å²) in [7, 11) is 0. The van der Waals surface area contributed by atoms with Gasteiger partial charge in [-0.2, -0.15) is 0 Å². The third-order valence-corrected chi connectivity index (χ3v) is 9.28. The van der Waals surface area contributed by atoms with Gasteiger partial charge in [-0.1, -0.05) is 18.2 Å². The summed E-state index contributed by atoms with van der Waals surface area (Å²) in [6.07, 6.45) is 0. The Kier molecular flexibility index (Phi) is 7.98. The average Bonchev–Trinajstić information content (AvgIpc) is 3.39. The van der Waals surface area contributed by atoms with Gasteiger partial charge in [-0.05, 0) is 107 Å². The van der Waals surface area contributed by atoms with E-state index in [-0.39, 0.29) is 5.97 Å². The van der Waals surface area contributed by atoms with Crippen LogP contribution in [0.3, 0.4) is 0 Å². The Bertz CT molecular complexity index is 1800. The molecule has 0 bridgehead atoms. The van der Waals surface area contributed by atoms with Crippen molar-refractivity contribution in [2.75, 3.05) is 46.6 Å². The summed E-state index contributed by atoms with van der Waals surface area (Å²) in [4.78, 5) is 18.0. The largest absolute Gasteiger partial charge is 0.456 e. The zero-order valence-electron chi connectivity index (χ0n) is 27.3. The predicted molar refractivity (Wildman–Crippen MR) is 191 cm³/mol. The minimum Gasteiger partial charge on any atom is -0.456 e. The second kappa shape index (κ2) is 12.4. The highest BCUT2D eigenvalue weighted by atomic mass is 16.6. The summed E-state index contributed by atoms with van der Waals surface area (Å²) < 4.78 is 13.0. The van der Waals surface area contributed by atoms with Crippen LogP contribution in [0.15, 0.2) is 109 Å². The zero-order chi connectivity index (χ0) is 32.5. The standard InChI is InChI=1S/C40H40N4O3/c1-5-43(6-2)31-19-13-27(14-20-31)41-29-17-23-35-37(25-29)46-38-26-30(42-28-15-21-32(22-16-28)44(7-3)8-4)18-24-36(38)40(35)34-12-10-9-11-33(34)39(45)47-40/h9-26,41-42H,5-8H2,1-4H3. The molecule has 0 fully saturated rings. The Morgan fingerprint density at radius 2 is 1.00 bits per heavy atom. The van der Waals surface area contributed by atoms with Crippen LogP contribution in [-0.2, 0) is 10.3 Å². The summed E-state index contributed by atoms with van der Waals surface area (Å²) in [6.45, 7) is 12.5. The van der Waals surface area contributed by atoms with Gasteiger partial charge in [-0.25, -0.2) is 4.79 Å². The molecule has 7 rings (SSSR count). The van der Waals surface area contributed by atoms with Gasteiger partial charge in [-0.15, -0.1) is 0 Å². The minimum absolute atomic E-state index is 0.342. The van der Waals surface area contributed by atoms with E-state index < -0.39 is 5.60 Å². The lowest BCUT2D eigenvalue weighted by molar-refractivity contribution is 0.0224. The Hall–Kier alpha value is -5.43. The van der Waals surface area contributed by atoms with E-state index in [1.807, 2.05) is 60.7 Å². The summed E-state index contributed by atoms with van der Waals surface area (Å²) in [5.41, 5.74) is 7.93. The van der Waals surface area contributed by atoms with Crippen molar-refractivity contribution in [1.29, 1.82) is 0 Å². The number of nitrogens with zero attached hydrogens (tertiary/aromatic N) is 2. The van der Waals surface area contributed by atoms with Crippen molar-refractivity contribution in [3.63, 3.8) is 0 Å². The van der Waals surface area contributed by atoms with Crippen molar-refractivity contribution in [1.82, 2.24) is 0 Å². The fourth-order valence-electron chi connectivity index (χ4n) is 6.85. The summed E-state index contributed by atoms with van der Waals surface area (Å²) >= 11 is 0. The second-order valence-electron chi connectivity index (χ2n) is 11.8. The van der Waals surface area contributed by atoms with Crippen molar-refractivity contribution < 1.29 is 14.3 Å². The maximum absolute atomic E-state index is 13.3. The number of benzene rings is 5. The Morgan fingerprint density at radius 1 is 0.553 bits per heavy atom. The van der Waals surface area contributed by atoms with E-state index in [1.165, 1.54) is 11.4 Å². The summed E-state index contributed by atoms with van der Waals surface area (Å²) in [5.74, 6) is 0.922. The maximum Gasteiger partial charge on any atom is 0.340 e. The molecule has 238 valence electrons. The van der Waals surface area contributed by atoms with E-state index >= 15 is 0 Å². The number of anilines is 6. The molecule has 1 spiro atoms. The van der Waals surface area contributed by atoms with Gasteiger partial charge in [0.2, 0.25) is 0 Å². The molecule has 0 radical (unpaired) electrons. The highest BCUT2D eigenvalue weighted by Crippen LogP contribution is 2.57. The van der Waals surface area contributed by atoms with Crippen molar-refractivity contribution in [3.05, 3.63) is 131 Å². The van der Waals surface area contributed by atoms with Crippen molar-refractivity contribution >= 4 is 40.1 Å². The van der Waals surface area contributed by atoms with E-state index in [2.05, 4.69) is 96.7 Å². The summed E-state index contributed by atoms with van der Waals surface area (Å²) in [6, 6.07) is 36.5. The molecule has 5 aromatic rings. The van der Waals surface area contributed by atoms with Crippen molar-refractivity contribution in [3.8, 4) is 11.5 Å². The molecule has 0 saturated carbocycles. The molecule has 0 atom stereocenters. The van der Waals surface area contributed by atoms with E-state index in [4.69, 9.17) is 9.47 Å². The van der Waals surface area contributed by atoms with Gasteiger partial charge in [0.05, 0.1) is 5.56 Å². The number of hydrogen-bond acceptors (Lipinski definition) is 7. The normalized spacial score (nSPS) is 13.6. The molecule has 7 heteroatoms. The highest BCUT2D eigenvalue weighted by molar-refractivity contribution is 5.97. The van der Waals surface area contributed by atoms with Gasteiger partial charge in [0.15, 0.2) is 5.60 Å². The Balaban J connectivity index is 1.24. The molecule has 0 amide bonds. The lowest BCUT2D eigenvalue weighted by Gasteiger charge is -2.37. The zero-order valence-corrected chi connectivity index (χ0v) is 27.3. The fourth-order valence-corrected chi connectivity index (χ4v) is 6.85. The Morgan fingerprint density at radius 3 is 1.47 bits per heavy atom. The second-order valence-corrected chi connectivity index (χ2v) is 11.8. The van der Waals surface area contributed by atoms with Crippen molar-refractivity contribution in [2.45, 2.75) is 33.3 Å². The van der Waals surface area contributed by atoms with Crippen LogP contribution in [0.1, 0.15) is 54.7 Å². The molecule has 47 heavy (non-hydrogen) atoms. The highest BCUT2D eigenvalue weighted by Gasteiger charge is 2.53. The SMILES string of the molecule is CCN(CC)c1ccc(Nc2ccc3c(c2)Oc2cc(Nc4ccc(N(CC)CC)cc4)ccc2C32OC(=O)c3ccccc32)cc1. The molecule has 0 saturated heterocycles. The molecule has 2 N–H and O–H groups in total. The maximum atomic E-state index is 13.3. The first-order valence-corrected chi connectivity index (χ1v) is 16.5. The number of carbonyl (C=O) groups is 1. The third kappa shape index (κ3) is 5.31. The molecule has 2 heterocycles. The molecule has 0 aromatic heterocycles. The van der Waals surface area contributed by atoms with Crippen LogP contribution in [0.25, 0.3) is 0 Å². The minimum atomic E-state index is -1.12. The molecule has 7 nitrogen and oxygen atoms in total. The molecule has 0 aliphatic carbocycles. The van der Waals surface area contributed by atoms with Gasteiger partial charge in [-0.3, -0.25) is 0 Å².